The average Bonchev–Trinajstić information content (AvgIpc) is 2.60. The Kier molecular flexibility index (Phi) is 4.18. The predicted octanol–water partition coefficient (Wildman–Crippen LogP) is 3.27. The summed E-state index contributed by atoms with van der Waals surface area (Å²) in [6, 6.07) is 12.1. The monoisotopic (exact) mass is 348 g/mol. The molecule has 1 fully saturated rings. The van der Waals surface area contributed by atoms with Gasteiger partial charge in [0.05, 0.1) is 22.9 Å². The fraction of sp³-hybridized carbons (Fsp3) is 0.400. The quantitative estimate of drug-likeness (QED) is 0.780. The van der Waals surface area contributed by atoms with E-state index in [-0.39, 0.29) is 5.41 Å². The van der Waals surface area contributed by atoms with Crippen molar-refractivity contribution in [3.05, 3.63) is 48.3 Å². The molecule has 6 nitrogen and oxygen atoms in total. The highest BCUT2D eigenvalue weighted by molar-refractivity contribution is 5.75. The molecule has 0 amide bonds. The summed E-state index contributed by atoms with van der Waals surface area (Å²) >= 11 is 0. The average molecular weight is 348 g/mol. The maximum Gasteiger partial charge on any atom is 0.151 e. The molecule has 1 aromatic carbocycles. The van der Waals surface area contributed by atoms with Crippen molar-refractivity contribution in [3.63, 3.8) is 0 Å². The van der Waals surface area contributed by atoms with Crippen molar-refractivity contribution in [3.8, 4) is 0 Å². The first-order valence-corrected chi connectivity index (χ1v) is 9.04. The van der Waals surface area contributed by atoms with Gasteiger partial charge < -0.3 is 10.2 Å². The lowest BCUT2D eigenvalue weighted by Crippen LogP contribution is -2.50. The van der Waals surface area contributed by atoms with Crippen molar-refractivity contribution in [2.24, 2.45) is 5.92 Å². The van der Waals surface area contributed by atoms with Gasteiger partial charge in [-0.25, -0.2) is 4.98 Å². The van der Waals surface area contributed by atoms with Crippen molar-refractivity contribution in [2.75, 3.05) is 29.9 Å². The van der Waals surface area contributed by atoms with Crippen LogP contribution in [0, 0.1) is 5.92 Å². The van der Waals surface area contributed by atoms with Crippen LogP contribution in [0.2, 0.25) is 0 Å². The smallest absolute Gasteiger partial charge is 0.151 e. The number of nitrogens with zero attached hydrogens (tertiary/aromatic N) is 5. The molecule has 1 aliphatic rings. The second-order valence-corrected chi connectivity index (χ2v) is 7.92. The highest BCUT2D eigenvalue weighted by Gasteiger charge is 2.28. The standard InChI is InChI=1S/C20H24N6/c1-20(2,3)17-8-9-19(25-24-17)26-12-14(13-26)10-22-18-11-21-15-6-4-5-7-16(15)23-18/h4-9,11,14H,10,12-13H2,1-3H3,(H,22,23). The number of rotatable bonds is 4. The zero-order valence-electron chi connectivity index (χ0n) is 15.5. The minimum Gasteiger partial charge on any atom is -0.368 e. The van der Waals surface area contributed by atoms with E-state index in [0.29, 0.717) is 5.92 Å². The number of hydrogen-bond acceptors (Lipinski definition) is 6. The molecule has 0 bridgehead atoms. The van der Waals surface area contributed by atoms with Crippen LogP contribution in [0.1, 0.15) is 26.5 Å². The summed E-state index contributed by atoms with van der Waals surface area (Å²) in [5.74, 6) is 2.36. The summed E-state index contributed by atoms with van der Waals surface area (Å²) in [7, 11) is 0. The fourth-order valence-corrected chi connectivity index (χ4v) is 3.07. The maximum atomic E-state index is 4.61. The van der Waals surface area contributed by atoms with Gasteiger partial charge in [0.25, 0.3) is 0 Å². The highest BCUT2D eigenvalue weighted by Crippen LogP contribution is 2.25. The van der Waals surface area contributed by atoms with E-state index in [4.69, 9.17) is 0 Å². The van der Waals surface area contributed by atoms with Gasteiger partial charge in [0, 0.05) is 31.0 Å². The van der Waals surface area contributed by atoms with Crippen LogP contribution in [0.25, 0.3) is 11.0 Å². The third-order valence-corrected chi connectivity index (χ3v) is 4.72. The molecule has 3 aromatic rings. The molecular formula is C20H24N6. The van der Waals surface area contributed by atoms with Gasteiger partial charge in [0.2, 0.25) is 0 Å². The molecule has 0 aliphatic carbocycles. The number of benzene rings is 1. The van der Waals surface area contributed by atoms with Gasteiger partial charge in [-0.2, -0.15) is 5.10 Å². The Labute approximate surface area is 153 Å². The second kappa shape index (κ2) is 6.52. The van der Waals surface area contributed by atoms with Crippen LogP contribution in [0.15, 0.2) is 42.6 Å². The van der Waals surface area contributed by atoms with E-state index in [1.165, 1.54) is 0 Å². The van der Waals surface area contributed by atoms with Gasteiger partial charge in [0.15, 0.2) is 5.82 Å². The van der Waals surface area contributed by atoms with Gasteiger partial charge >= 0.3 is 0 Å². The molecule has 1 aliphatic heterocycles. The van der Waals surface area contributed by atoms with Crippen LogP contribution in [0.3, 0.4) is 0 Å². The molecule has 0 atom stereocenters. The molecule has 2 aromatic heterocycles. The molecule has 1 N–H and O–H groups in total. The van der Waals surface area contributed by atoms with Crippen LogP contribution in [-0.2, 0) is 5.41 Å². The lowest BCUT2D eigenvalue weighted by atomic mass is 9.92. The molecule has 26 heavy (non-hydrogen) atoms. The van der Waals surface area contributed by atoms with E-state index in [2.05, 4.69) is 63.3 Å². The summed E-state index contributed by atoms with van der Waals surface area (Å²) in [5.41, 5.74) is 2.90. The fourth-order valence-electron chi connectivity index (χ4n) is 3.07. The van der Waals surface area contributed by atoms with E-state index >= 15 is 0 Å². The Balaban J connectivity index is 1.31. The normalized spacial score (nSPS) is 15.1. The number of anilines is 2. The van der Waals surface area contributed by atoms with Crippen molar-refractivity contribution in [1.29, 1.82) is 0 Å². The van der Waals surface area contributed by atoms with Crippen LogP contribution < -0.4 is 10.2 Å². The van der Waals surface area contributed by atoms with E-state index in [1.807, 2.05) is 24.3 Å². The molecule has 1 saturated heterocycles. The van der Waals surface area contributed by atoms with Gasteiger partial charge in [0.1, 0.15) is 5.82 Å². The third-order valence-electron chi connectivity index (χ3n) is 4.72. The number of hydrogen-bond donors (Lipinski definition) is 1. The number of para-hydroxylation sites is 2. The molecule has 6 heteroatoms. The molecule has 0 radical (unpaired) electrons. The summed E-state index contributed by atoms with van der Waals surface area (Å²) < 4.78 is 0. The molecule has 0 spiro atoms. The van der Waals surface area contributed by atoms with E-state index in [9.17, 15) is 0 Å². The Morgan fingerprint density at radius 2 is 1.81 bits per heavy atom. The summed E-state index contributed by atoms with van der Waals surface area (Å²) in [6.07, 6.45) is 1.80. The van der Waals surface area contributed by atoms with Gasteiger partial charge in [-0.15, -0.1) is 5.10 Å². The van der Waals surface area contributed by atoms with Crippen molar-refractivity contribution < 1.29 is 0 Å². The molecular weight excluding hydrogens is 324 g/mol. The van der Waals surface area contributed by atoms with Gasteiger partial charge in [-0.1, -0.05) is 32.9 Å². The van der Waals surface area contributed by atoms with Crippen LogP contribution in [-0.4, -0.2) is 39.8 Å². The van der Waals surface area contributed by atoms with Crippen molar-refractivity contribution in [1.82, 2.24) is 20.2 Å². The first-order valence-electron chi connectivity index (χ1n) is 9.04. The Morgan fingerprint density at radius 3 is 2.50 bits per heavy atom. The Bertz CT molecular complexity index is 894. The zero-order valence-corrected chi connectivity index (χ0v) is 15.5. The van der Waals surface area contributed by atoms with Crippen LogP contribution >= 0.6 is 0 Å². The minimum atomic E-state index is 0.0355. The van der Waals surface area contributed by atoms with E-state index < -0.39 is 0 Å². The molecule has 0 saturated carbocycles. The molecule has 4 rings (SSSR count). The molecule has 0 unspecified atom stereocenters. The summed E-state index contributed by atoms with van der Waals surface area (Å²) in [4.78, 5) is 11.3. The Hall–Kier alpha value is -2.76. The van der Waals surface area contributed by atoms with Crippen molar-refractivity contribution in [2.45, 2.75) is 26.2 Å². The third kappa shape index (κ3) is 3.45. The number of aromatic nitrogens is 4. The van der Waals surface area contributed by atoms with E-state index in [1.54, 1.807) is 6.20 Å². The Morgan fingerprint density at radius 1 is 1.04 bits per heavy atom. The summed E-state index contributed by atoms with van der Waals surface area (Å²) in [6.45, 7) is 9.30. The SMILES string of the molecule is CC(C)(C)c1ccc(N2CC(CNc3cnc4ccccc4n3)C2)nn1. The first kappa shape index (κ1) is 16.7. The van der Waals surface area contributed by atoms with Gasteiger partial charge in [-0.05, 0) is 24.3 Å². The number of fused-ring (bicyclic) bond motifs is 1. The highest BCUT2D eigenvalue weighted by atomic mass is 15.3. The van der Waals surface area contributed by atoms with E-state index in [0.717, 1.165) is 48.0 Å². The molecule has 134 valence electrons. The summed E-state index contributed by atoms with van der Waals surface area (Å²) in [5, 5.41) is 12.2. The lowest BCUT2D eigenvalue weighted by Gasteiger charge is -2.40. The zero-order chi connectivity index (χ0) is 18.1. The van der Waals surface area contributed by atoms with Crippen LogP contribution in [0.4, 0.5) is 11.6 Å². The predicted molar refractivity (Wildman–Crippen MR) is 104 cm³/mol. The van der Waals surface area contributed by atoms with Gasteiger partial charge in [-0.3, -0.25) is 4.98 Å². The first-order chi connectivity index (χ1) is 12.5. The second-order valence-electron chi connectivity index (χ2n) is 7.92. The minimum absolute atomic E-state index is 0.0355. The largest absolute Gasteiger partial charge is 0.368 e. The van der Waals surface area contributed by atoms with Crippen molar-refractivity contribution >= 4 is 22.7 Å². The molecule has 3 heterocycles. The maximum absolute atomic E-state index is 4.61. The topological polar surface area (TPSA) is 66.8 Å². The lowest BCUT2D eigenvalue weighted by molar-refractivity contribution is 0.424. The van der Waals surface area contributed by atoms with Crippen LogP contribution in [0.5, 0.6) is 0 Å². The number of nitrogens with one attached hydrogen (secondary N) is 1.